The van der Waals surface area contributed by atoms with Gasteiger partial charge in [0.2, 0.25) is 0 Å². The van der Waals surface area contributed by atoms with Crippen LogP contribution in [0.5, 0.6) is 0 Å². The van der Waals surface area contributed by atoms with E-state index in [-0.39, 0.29) is 0 Å². The largest absolute Gasteiger partial charge is 0.384 e. The molecule has 31 heavy (non-hydrogen) atoms. The van der Waals surface area contributed by atoms with Gasteiger partial charge in [-0.25, -0.2) is 0 Å². The van der Waals surface area contributed by atoms with Gasteiger partial charge < -0.3 is 15.4 Å². The van der Waals surface area contributed by atoms with E-state index in [1.165, 1.54) is 38.5 Å². The maximum absolute atomic E-state index is 6.53. The van der Waals surface area contributed by atoms with Crippen LogP contribution in [-0.4, -0.2) is 42.3 Å². The van der Waals surface area contributed by atoms with Crippen molar-refractivity contribution < 1.29 is 4.74 Å². The lowest BCUT2D eigenvalue weighted by Gasteiger charge is -2.31. The monoisotopic (exact) mass is 442 g/mol. The molecule has 0 aliphatic heterocycles. The molecular formula is C25H35ClN4O. The lowest BCUT2D eigenvalue weighted by atomic mass is 9.83. The molecule has 2 saturated carbocycles. The number of hydrogen-bond donors (Lipinski definition) is 2. The Hall–Kier alpha value is -1.69. The van der Waals surface area contributed by atoms with Crippen LogP contribution in [0.3, 0.4) is 0 Å². The van der Waals surface area contributed by atoms with Crippen molar-refractivity contribution in [3.63, 3.8) is 0 Å². The normalized spacial score (nSPS) is 22.3. The fourth-order valence-corrected chi connectivity index (χ4v) is 4.82. The molecule has 2 aliphatic carbocycles. The van der Waals surface area contributed by atoms with E-state index in [1.54, 1.807) is 13.3 Å². The number of nitrogens with one attached hydrogen (secondary N) is 2. The van der Waals surface area contributed by atoms with Gasteiger partial charge in [-0.15, -0.1) is 0 Å². The van der Waals surface area contributed by atoms with Gasteiger partial charge >= 0.3 is 0 Å². The zero-order chi connectivity index (χ0) is 21.6. The van der Waals surface area contributed by atoms with Gasteiger partial charge in [0.1, 0.15) is 0 Å². The minimum atomic E-state index is 0.412. The zero-order valence-electron chi connectivity index (χ0n) is 18.7. The van der Waals surface area contributed by atoms with Crippen LogP contribution >= 0.6 is 11.6 Å². The summed E-state index contributed by atoms with van der Waals surface area (Å²) in [7, 11) is 1.76. The summed E-state index contributed by atoms with van der Waals surface area (Å²) in [6.07, 6.45) is 14.2. The molecule has 0 amide bonds. The van der Waals surface area contributed by atoms with Gasteiger partial charge in [-0.2, -0.15) is 0 Å². The molecule has 2 fully saturated rings. The molecule has 0 bridgehead atoms. The number of ether oxygens (including phenoxy) is 1. The molecule has 0 unspecified atom stereocenters. The molecule has 0 aromatic carbocycles. The quantitative estimate of drug-likeness (QED) is 0.519. The molecule has 1 atom stereocenters. The smallest absolute Gasteiger partial charge is 0.0668 e. The summed E-state index contributed by atoms with van der Waals surface area (Å²) in [5.41, 5.74) is 4.26. The number of aromatic nitrogens is 2. The van der Waals surface area contributed by atoms with E-state index in [4.69, 9.17) is 16.3 Å². The van der Waals surface area contributed by atoms with Crippen LogP contribution < -0.4 is 10.6 Å². The fourth-order valence-electron chi connectivity index (χ4n) is 4.61. The number of methoxy groups -OCH3 is 1. The van der Waals surface area contributed by atoms with E-state index < -0.39 is 0 Å². The summed E-state index contributed by atoms with van der Waals surface area (Å²) in [4.78, 5) is 9.07. The third-order valence-corrected chi connectivity index (χ3v) is 6.84. The van der Waals surface area contributed by atoms with Crippen LogP contribution in [-0.2, 0) is 11.2 Å². The maximum Gasteiger partial charge on any atom is 0.0668 e. The Morgan fingerprint density at radius 2 is 1.84 bits per heavy atom. The van der Waals surface area contributed by atoms with Crippen LogP contribution in [0, 0.1) is 11.8 Å². The van der Waals surface area contributed by atoms with Crippen LogP contribution in [0.1, 0.15) is 51.1 Å². The van der Waals surface area contributed by atoms with Gasteiger partial charge in [0.15, 0.2) is 0 Å². The van der Waals surface area contributed by atoms with E-state index in [9.17, 15) is 0 Å². The predicted octanol–water partition coefficient (Wildman–Crippen LogP) is 5.34. The molecule has 2 N–H and O–H groups in total. The molecule has 2 aliphatic rings. The van der Waals surface area contributed by atoms with Crippen LogP contribution in [0.2, 0.25) is 5.02 Å². The van der Waals surface area contributed by atoms with Gasteiger partial charge in [0.05, 0.1) is 17.3 Å². The SMILES string of the molecule is COC[C@@H](C)NC1CCC(Cc2cc(-c3cncc(NCC4CC4)c3)c(Cl)cn2)CC1. The molecular weight excluding hydrogens is 408 g/mol. The van der Waals surface area contributed by atoms with Crippen LogP contribution in [0.15, 0.2) is 30.7 Å². The van der Waals surface area contributed by atoms with Crippen molar-refractivity contribution in [3.05, 3.63) is 41.4 Å². The summed E-state index contributed by atoms with van der Waals surface area (Å²) in [5, 5.41) is 7.89. The molecule has 2 aromatic heterocycles. The molecule has 0 radical (unpaired) electrons. The average Bonchev–Trinajstić information content (AvgIpc) is 3.60. The fraction of sp³-hybridized carbons (Fsp3) is 0.600. The molecule has 5 nitrogen and oxygen atoms in total. The number of hydrogen-bond acceptors (Lipinski definition) is 5. The third kappa shape index (κ3) is 6.64. The summed E-state index contributed by atoms with van der Waals surface area (Å²) >= 11 is 6.53. The first kappa shape index (κ1) is 22.5. The van der Waals surface area contributed by atoms with E-state index in [2.05, 4.69) is 39.7 Å². The van der Waals surface area contributed by atoms with Crippen molar-refractivity contribution in [2.45, 2.75) is 64.0 Å². The second-order valence-electron chi connectivity index (χ2n) is 9.39. The highest BCUT2D eigenvalue weighted by molar-refractivity contribution is 6.33. The first-order valence-electron chi connectivity index (χ1n) is 11.7. The number of halogens is 1. The number of pyridine rings is 2. The number of rotatable bonds is 10. The molecule has 0 saturated heterocycles. The number of nitrogens with zero attached hydrogens (tertiary/aromatic N) is 2. The van der Waals surface area contributed by atoms with E-state index in [0.29, 0.717) is 23.0 Å². The Bertz CT molecular complexity index is 849. The van der Waals surface area contributed by atoms with E-state index >= 15 is 0 Å². The third-order valence-electron chi connectivity index (χ3n) is 6.53. The van der Waals surface area contributed by atoms with Crippen molar-refractivity contribution in [1.29, 1.82) is 0 Å². The average molecular weight is 443 g/mol. The standard InChI is InChI=1S/C25H35ClN4O/c1-17(16-31-2)30-21-7-5-18(6-8-21)9-22-11-24(25(26)15-29-22)20-10-23(14-27-13-20)28-12-19-3-4-19/h10-11,13-15,17-19,21,28,30H,3-9,12,16H2,1-2H3/t17-,18?,21?/m1/s1. The highest BCUT2D eigenvalue weighted by atomic mass is 35.5. The predicted molar refractivity (Wildman–Crippen MR) is 128 cm³/mol. The Labute approximate surface area is 191 Å². The van der Waals surface area contributed by atoms with Crippen molar-refractivity contribution >= 4 is 17.3 Å². The van der Waals surface area contributed by atoms with Crippen molar-refractivity contribution in [2.75, 3.05) is 25.6 Å². The van der Waals surface area contributed by atoms with Crippen LogP contribution in [0.25, 0.3) is 11.1 Å². The molecule has 4 rings (SSSR count). The molecule has 168 valence electrons. The highest BCUT2D eigenvalue weighted by Gasteiger charge is 2.23. The van der Waals surface area contributed by atoms with Crippen LogP contribution in [0.4, 0.5) is 5.69 Å². The summed E-state index contributed by atoms with van der Waals surface area (Å²) in [6, 6.07) is 5.33. The Balaban J connectivity index is 1.35. The Morgan fingerprint density at radius 1 is 1.06 bits per heavy atom. The lowest BCUT2D eigenvalue weighted by Crippen LogP contribution is -2.41. The molecule has 0 spiro atoms. The van der Waals surface area contributed by atoms with Crippen molar-refractivity contribution in [1.82, 2.24) is 15.3 Å². The summed E-state index contributed by atoms with van der Waals surface area (Å²) in [5.74, 6) is 1.51. The second-order valence-corrected chi connectivity index (χ2v) is 9.79. The molecule has 6 heteroatoms. The van der Waals surface area contributed by atoms with Gasteiger partial charge in [-0.3, -0.25) is 9.97 Å². The van der Waals surface area contributed by atoms with Gasteiger partial charge in [0.25, 0.3) is 0 Å². The van der Waals surface area contributed by atoms with Crippen molar-refractivity contribution in [3.8, 4) is 11.1 Å². The number of anilines is 1. The van der Waals surface area contributed by atoms with Crippen molar-refractivity contribution in [2.24, 2.45) is 11.8 Å². The first-order chi connectivity index (χ1) is 15.1. The lowest BCUT2D eigenvalue weighted by molar-refractivity contribution is 0.158. The maximum atomic E-state index is 6.53. The Kier molecular flexibility index (Phi) is 7.81. The van der Waals surface area contributed by atoms with Gasteiger partial charge in [-0.05, 0) is 75.8 Å². The summed E-state index contributed by atoms with van der Waals surface area (Å²) < 4.78 is 5.25. The zero-order valence-corrected chi connectivity index (χ0v) is 19.5. The minimum Gasteiger partial charge on any atom is -0.384 e. The van der Waals surface area contributed by atoms with Gasteiger partial charge in [-0.1, -0.05) is 11.6 Å². The Morgan fingerprint density at radius 3 is 2.58 bits per heavy atom. The summed E-state index contributed by atoms with van der Waals surface area (Å²) in [6.45, 7) is 3.99. The van der Waals surface area contributed by atoms with E-state index in [0.717, 1.165) is 48.0 Å². The topological polar surface area (TPSA) is 59.1 Å². The molecule has 2 heterocycles. The molecule has 2 aromatic rings. The first-order valence-corrected chi connectivity index (χ1v) is 12.1. The van der Waals surface area contributed by atoms with E-state index in [1.807, 2.05) is 12.4 Å². The van der Waals surface area contributed by atoms with Gasteiger partial charge in [0, 0.05) is 61.1 Å². The minimum absolute atomic E-state index is 0.412. The highest BCUT2D eigenvalue weighted by Crippen LogP contribution is 2.33. The second kappa shape index (κ2) is 10.8.